The van der Waals surface area contributed by atoms with Crippen LogP contribution in [0.5, 0.6) is 0 Å². The van der Waals surface area contributed by atoms with Gasteiger partial charge in [0.05, 0.1) is 17.8 Å². The highest BCUT2D eigenvalue weighted by atomic mass is 35.5. The van der Waals surface area contributed by atoms with Gasteiger partial charge in [0.2, 0.25) is 0 Å². The lowest BCUT2D eigenvalue weighted by Gasteiger charge is -2.19. The molecule has 0 radical (unpaired) electrons. The first kappa shape index (κ1) is 16.7. The molecule has 0 atom stereocenters. The highest BCUT2D eigenvalue weighted by Crippen LogP contribution is 2.22. The fourth-order valence-electron chi connectivity index (χ4n) is 1.67. The SMILES string of the molecule is CC(C)(C)OC(=O)c1ccc(F)c(NCc2cnc(Cl)s2)c1. The van der Waals surface area contributed by atoms with Crippen molar-refractivity contribution in [3.63, 3.8) is 0 Å². The molecule has 0 bridgehead atoms. The van der Waals surface area contributed by atoms with Crippen molar-refractivity contribution in [1.29, 1.82) is 0 Å². The third-order valence-electron chi connectivity index (χ3n) is 2.58. The smallest absolute Gasteiger partial charge is 0.338 e. The van der Waals surface area contributed by atoms with Crippen molar-refractivity contribution in [2.75, 3.05) is 5.32 Å². The molecule has 1 heterocycles. The largest absolute Gasteiger partial charge is 0.456 e. The first-order valence-corrected chi connectivity index (χ1v) is 7.81. The summed E-state index contributed by atoms with van der Waals surface area (Å²) in [5, 5.41) is 2.93. The molecule has 1 aromatic heterocycles. The molecule has 0 saturated carbocycles. The number of anilines is 1. The maximum absolute atomic E-state index is 13.8. The molecule has 0 spiro atoms. The lowest BCUT2D eigenvalue weighted by molar-refractivity contribution is 0.00695. The monoisotopic (exact) mass is 342 g/mol. The number of ether oxygens (including phenoxy) is 1. The molecule has 1 aromatic carbocycles. The predicted molar refractivity (Wildman–Crippen MR) is 86.0 cm³/mol. The molecule has 0 fully saturated rings. The van der Waals surface area contributed by atoms with Crippen molar-refractivity contribution in [2.24, 2.45) is 0 Å². The molecule has 2 aromatic rings. The number of halogens is 2. The molecule has 0 aliphatic heterocycles. The van der Waals surface area contributed by atoms with E-state index in [0.717, 1.165) is 4.88 Å². The average Bonchev–Trinajstić information content (AvgIpc) is 2.81. The molecule has 22 heavy (non-hydrogen) atoms. The Morgan fingerprint density at radius 1 is 1.45 bits per heavy atom. The van der Waals surface area contributed by atoms with Crippen molar-refractivity contribution in [2.45, 2.75) is 32.9 Å². The van der Waals surface area contributed by atoms with Gasteiger partial charge in [0.25, 0.3) is 0 Å². The van der Waals surface area contributed by atoms with Crippen molar-refractivity contribution in [1.82, 2.24) is 4.98 Å². The van der Waals surface area contributed by atoms with E-state index in [1.165, 1.54) is 29.5 Å². The van der Waals surface area contributed by atoms with Crippen molar-refractivity contribution >= 4 is 34.6 Å². The van der Waals surface area contributed by atoms with Crippen LogP contribution in [0.3, 0.4) is 0 Å². The van der Waals surface area contributed by atoms with E-state index in [4.69, 9.17) is 16.3 Å². The van der Waals surface area contributed by atoms with E-state index in [-0.39, 0.29) is 5.69 Å². The summed E-state index contributed by atoms with van der Waals surface area (Å²) in [7, 11) is 0. The Labute approximate surface area is 137 Å². The van der Waals surface area contributed by atoms with Gasteiger partial charge in [-0.2, -0.15) is 0 Å². The lowest BCUT2D eigenvalue weighted by atomic mass is 10.1. The third kappa shape index (κ3) is 4.68. The number of carbonyl (C=O) groups excluding carboxylic acids is 1. The van der Waals surface area contributed by atoms with Crippen LogP contribution in [-0.2, 0) is 11.3 Å². The number of aromatic nitrogens is 1. The molecular weight excluding hydrogens is 327 g/mol. The second-order valence-corrected chi connectivity index (χ2v) is 7.33. The number of thiazole rings is 1. The Bertz CT molecular complexity index is 682. The molecular formula is C15H16ClFN2O2S. The molecule has 0 aliphatic rings. The maximum Gasteiger partial charge on any atom is 0.338 e. The van der Waals surface area contributed by atoms with Crippen LogP contribution < -0.4 is 5.32 Å². The van der Waals surface area contributed by atoms with Gasteiger partial charge in [0.15, 0.2) is 4.47 Å². The van der Waals surface area contributed by atoms with Crippen molar-refractivity contribution in [3.05, 3.63) is 45.1 Å². The van der Waals surface area contributed by atoms with Crippen molar-refractivity contribution < 1.29 is 13.9 Å². The summed E-state index contributed by atoms with van der Waals surface area (Å²) in [4.78, 5) is 16.8. The van der Waals surface area contributed by atoms with E-state index in [2.05, 4.69) is 10.3 Å². The highest BCUT2D eigenvalue weighted by molar-refractivity contribution is 7.15. The van der Waals surface area contributed by atoms with Crippen LogP contribution in [0.1, 0.15) is 36.0 Å². The number of nitrogens with one attached hydrogen (secondary N) is 1. The molecule has 0 saturated heterocycles. The van der Waals surface area contributed by atoms with E-state index in [0.29, 0.717) is 16.6 Å². The van der Waals surface area contributed by atoms with Crippen LogP contribution in [-0.4, -0.2) is 16.6 Å². The van der Waals surface area contributed by atoms with Crippen LogP contribution in [0.25, 0.3) is 0 Å². The Balaban J connectivity index is 2.11. The molecule has 0 unspecified atom stereocenters. The average molecular weight is 343 g/mol. The summed E-state index contributed by atoms with van der Waals surface area (Å²) in [5.41, 5.74) is -0.0765. The minimum atomic E-state index is -0.599. The maximum atomic E-state index is 13.8. The second-order valence-electron chi connectivity index (χ2n) is 5.63. The number of hydrogen-bond donors (Lipinski definition) is 1. The predicted octanol–water partition coefficient (Wildman–Crippen LogP) is 4.50. The second kappa shape index (κ2) is 6.62. The van der Waals surface area contributed by atoms with Crippen LogP contribution in [0.15, 0.2) is 24.4 Å². The van der Waals surface area contributed by atoms with Gasteiger partial charge < -0.3 is 10.1 Å². The first-order chi connectivity index (χ1) is 10.2. The van der Waals surface area contributed by atoms with Gasteiger partial charge in [-0.3, -0.25) is 0 Å². The molecule has 0 aliphatic carbocycles. The van der Waals surface area contributed by atoms with Crippen LogP contribution in [0.4, 0.5) is 10.1 Å². The quantitative estimate of drug-likeness (QED) is 0.831. The minimum Gasteiger partial charge on any atom is -0.456 e. The Kier molecular flexibility index (Phi) is 5.03. The lowest BCUT2D eigenvalue weighted by Crippen LogP contribution is -2.24. The Morgan fingerprint density at radius 3 is 2.77 bits per heavy atom. The number of benzene rings is 1. The zero-order valence-electron chi connectivity index (χ0n) is 12.4. The zero-order chi connectivity index (χ0) is 16.3. The number of rotatable bonds is 4. The molecule has 2 rings (SSSR count). The standard InChI is InChI=1S/C15H16ClFN2O2S/c1-15(2,3)21-13(20)9-4-5-11(17)12(6-9)18-7-10-8-19-14(16)22-10/h4-6,8,18H,7H2,1-3H3. The van der Waals surface area contributed by atoms with Crippen LogP contribution >= 0.6 is 22.9 Å². The molecule has 1 N–H and O–H groups in total. The van der Waals surface area contributed by atoms with Crippen LogP contribution in [0.2, 0.25) is 4.47 Å². The third-order valence-corrected chi connectivity index (χ3v) is 3.69. The van der Waals surface area contributed by atoms with Gasteiger partial charge in [-0.25, -0.2) is 14.2 Å². The zero-order valence-corrected chi connectivity index (χ0v) is 14.0. The number of nitrogens with zero attached hydrogens (tertiary/aromatic N) is 1. The summed E-state index contributed by atoms with van der Waals surface area (Å²) < 4.78 is 19.5. The van der Waals surface area contributed by atoms with Gasteiger partial charge in [-0.15, -0.1) is 11.3 Å². The fourth-order valence-corrected chi connectivity index (χ4v) is 2.59. The van der Waals surface area contributed by atoms with E-state index < -0.39 is 17.4 Å². The molecule has 4 nitrogen and oxygen atoms in total. The minimum absolute atomic E-state index is 0.230. The summed E-state index contributed by atoms with van der Waals surface area (Å²) in [6.07, 6.45) is 1.62. The van der Waals surface area contributed by atoms with E-state index in [9.17, 15) is 9.18 Å². The van der Waals surface area contributed by atoms with Gasteiger partial charge in [0, 0.05) is 11.1 Å². The Hall–Kier alpha value is -1.66. The number of esters is 1. The van der Waals surface area contributed by atoms with Gasteiger partial charge in [0.1, 0.15) is 11.4 Å². The topological polar surface area (TPSA) is 51.2 Å². The van der Waals surface area contributed by atoms with Gasteiger partial charge in [-0.1, -0.05) is 11.6 Å². The van der Waals surface area contributed by atoms with Crippen molar-refractivity contribution in [3.8, 4) is 0 Å². The van der Waals surface area contributed by atoms with E-state index in [1.54, 1.807) is 27.0 Å². The van der Waals surface area contributed by atoms with Gasteiger partial charge in [-0.05, 0) is 39.0 Å². The number of hydrogen-bond acceptors (Lipinski definition) is 5. The van der Waals surface area contributed by atoms with E-state index in [1.807, 2.05) is 0 Å². The summed E-state index contributed by atoms with van der Waals surface area (Å²) in [6.45, 7) is 5.71. The molecule has 118 valence electrons. The summed E-state index contributed by atoms with van der Waals surface area (Å²) in [6, 6.07) is 4.07. The Morgan fingerprint density at radius 2 is 2.18 bits per heavy atom. The van der Waals surface area contributed by atoms with E-state index >= 15 is 0 Å². The van der Waals surface area contributed by atoms with Crippen LogP contribution in [0, 0.1) is 5.82 Å². The van der Waals surface area contributed by atoms with Gasteiger partial charge >= 0.3 is 5.97 Å². The summed E-state index contributed by atoms with van der Waals surface area (Å²) >= 11 is 7.06. The normalized spacial score (nSPS) is 11.3. The first-order valence-electron chi connectivity index (χ1n) is 6.61. The molecule has 7 heteroatoms. The fraction of sp³-hybridized carbons (Fsp3) is 0.333. The highest BCUT2D eigenvalue weighted by Gasteiger charge is 2.19. The number of carbonyl (C=O) groups is 1. The molecule has 0 amide bonds. The summed E-state index contributed by atoms with van der Waals surface area (Å²) in [5.74, 6) is -0.931.